The summed E-state index contributed by atoms with van der Waals surface area (Å²) in [5.74, 6) is 0. The zero-order valence-corrected chi connectivity index (χ0v) is 25.0. The molecule has 0 spiro atoms. The van der Waals surface area contributed by atoms with Crippen molar-refractivity contribution in [3.8, 4) is 0 Å². The molecule has 5 aromatic carbocycles. The maximum absolute atomic E-state index is 4.24. The summed E-state index contributed by atoms with van der Waals surface area (Å²) in [5.41, 5.74) is 7.89. The Morgan fingerprint density at radius 3 is 1.00 bits per heavy atom. The van der Waals surface area contributed by atoms with Gasteiger partial charge in [-0.25, -0.2) is 0 Å². The van der Waals surface area contributed by atoms with E-state index in [4.69, 9.17) is 0 Å². The van der Waals surface area contributed by atoms with Crippen LogP contribution in [0.3, 0.4) is 0 Å². The second kappa shape index (κ2) is 14.5. The topological polar surface area (TPSA) is 0 Å². The van der Waals surface area contributed by atoms with Gasteiger partial charge < -0.3 is 4.48 Å². The van der Waals surface area contributed by atoms with Crippen LogP contribution >= 0.6 is 0 Å². The van der Waals surface area contributed by atoms with Gasteiger partial charge in [-0.1, -0.05) is 158 Å². The van der Waals surface area contributed by atoms with Crippen molar-refractivity contribution in [3.05, 3.63) is 164 Å². The first-order chi connectivity index (χ1) is 20.1. The summed E-state index contributed by atoms with van der Waals surface area (Å²) in [7, 11) is 0. The van der Waals surface area contributed by atoms with Gasteiger partial charge in [0.05, 0.1) is 19.6 Å². The summed E-state index contributed by atoms with van der Waals surface area (Å²) in [6.07, 6.45) is -1.22. The molecule has 0 aliphatic heterocycles. The van der Waals surface area contributed by atoms with E-state index in [1.54, 1.807) is 0 Å². The van der Waals surface area contributed by atoms with Crippen molar-refractivity contribution < 1.29 is 4.48 Å². The average molecular weight is 538 g/mol. The van der Waals surface area contributed by atoms with Crippen LogP contribution in [0.15, 0.2) is 158 Å². The third kappa shape index (κ3) is 6.78. The minimum Gasteiger partial charge on any atom is -0.321 e. The summed E-state index contributed by atoms with van der Waals surface area (Å²) < 4.78 is 1.13. The van der Waals surface area contributed by atoms with Crippen LogP contribution in [0.25, 0.3) is 5.57 Å². The van der Waals surface area contributed by atoms with Crippen LogP contribution in [-0.4, -0.2) is 36.8 Å². The van der Waals surface area contributed by atoms with Crippen molar-refractivity contribution in [2.24, 2.45) is 0 Å². The van der Waals surface area contributed by atoms with Crippen LogP contribution in [0, 0.1) is 0 Å². The summed E-state index contributed by atoms with van der Waals surface area (Å²) in [6, 6.07) is 54.0. The molecule has 41 heavy (non-hydrogen) atoms. The van der Waals surface area contributed by atoms with E-state index < -0.39 is 6.15 Å². The minimum atomic E-state index is -1.22. The fourth-order valence-electron chi connectivity index (χ4n) is 6.30. The highest BCUT2D eigenvalue weighted by Gasteiger charge is 2.31. The number of hydrogen-bond acceptors (Lipinski definition) is 0. The molecule has 0 aliphatic carbocycles. The Labute approximate surface area is 248 Å². The molecule has 2 heteroatoms. The molecular weight excluding hydrogens is 493 g/mol. The summed E-state index contributed by atoms with van der Waals surface area (Å²) in [5, 5.41) is 0. The normalized spacial score (nSPS) is 11.3. The molecular formula is C39H44BN. The molecule has 0 atom stereocenters. The average Bonchev–Trinajstić information content (AvgIpc) is 3.07. The van der Waals surface area contributed by atoms with Crippen LogP contribution in [0.2, 0.25) is 0 Å². The Morgan fingerprint density at radius 1 is 0.463 bits per heavy atom. The van der Waals surface area contributed by atoms with Crippen LogP contribution in [0.1, 0.15) is 26.3 Å². The van der Waals surface area contributed by atoms with E-state index in [0.29, 0.717) is 0 Å². The van der Waals surface area contributed by atoms with Crippen molar-refractivity contribution in [3.63, 3.8) is 0 Å². The van der Waals surface area contributed by atoms with E-state index in [1.807, 2.05) is 0 Å². The van der Waals surface area contributed by atoms with E-state index in [2.05, 4.69) is 179 Å². The molecule has 0 aromatic heterocycles. The Balaban J connectivity index is 0.000000210. The van der Waals surface area contributed by atoms with Crippen molar-refractivity contribution in [1.29, 1.82) is 0 Å². The fourth-order valence-corrected chi connectivity index (χ4v) is 6.30. The monoisotopic (exact) mass is 537 g/mol. The summed E-state index contributed by atoms with van der Waals surface area (Å²) in [4.78, 5) is 0. The molecule has 0 aliphatic rings. The molecule has 0 heterocycles. The van der Waals surface area contributed by atoms with E-state index in [1.165, 1.54) is 52.6 Å². The van der Waals surface area contributed by atoms with Gasteiger partial charge in [-0.2, -0.15) is 21.9 Å². The second-order valence-electron chi connectivity index (χ2n) is 10.9. The Hall–Kier alpha value is -4.14. The van der Waals surface area contributed by atoms with Gasteiger partial charge in [-0.3, -0.25) is 0 Å². The van der Waals surface area contributed by atoms with Crippen molar-refractivity contribution in [2.45, 2.75) is 20.8 Å². The summed E-state index contributed by atoms with van der Waals surface area (Å²) in [6.45, 7) is 15.6. The first-order valence-electron chi connectivity index (χ1n) is 15.1. The van der Waals surface area contributed by atoms with Gasteiger partial charge in [0, 0.05) is 5.57 Å². The predicted octanol–water partition coefficient (Wildman–Crippen LogP) is 6.64. The van der Waals surface area contributed by atoms with Crippen molar-refractivity contribution >= 4 is 33.6 Å². The number of nitrogens with zero attached hydrogens (tertiary/aromatic N) is 1. The lowest BCUT2D eigenvalue weighted by atomic mass is 9.13. The van der Waals surface area contributed by atoms with Gasteiger partial charge in [-0.15, -0.1) is 0 Å². The van der Waals surface area contributed by atoms with E-state index in [-0.39, 0.29) is 0 Å². The molecule has 208 valence electrons. The van der Waals surface area contributed by atoms with Gasteiger partial charge in [0.1, 0.15) is 12.7 Å². The Bertz CT molecular complexity index is 1270. The maximum atomic E-state index is 4.24. The van der Waals surface area contributed by atoms with Gasteiger partial charge in [-0.05, 0) is 26.3 Å². The minimum absolute atomic E-state index is 1.06. The first kappa shape index (κ1) is 29.8. The van der Waals surface area contributed by atoms with Crippen molar-refractivity contribution in [2.75, 3.05) is 26.2 Å². The van der Waals surface area contributed by atoms with Crippen LogP contribution in [0.5, 0.6) is 0 Å². The first-order valence-corrected chi connectivity index (χ1v) is 15.1. The standard InChI is InChI=1S/C24H20B.C15H24N/c1-5-13-21(14-6-1)25(22-15-7-2-8-16-22,23-17-9-3-10-18-23)24-19-11-4-12-20-24;1-5-16(6-2,7-3)13-14(4)15-11-9-8-10-12-15/h1-20H;8-12H,4-7,13H2,1-3H3/q-1;+1. The lowest BCUT2D eigenvalue weighted by Gasteiger charge is -2.44. The molecule has 5 rings (SSSR count). The van der Waals surface area contributed by atoms with Gasteiger partial charge in [0.15, 0.2) is 0 Å². The second-order valence-corrected chi connectivity index (χ2v) is 10.9. The molecule has 0 bridgehead atoms. The number of quaternary nitrogens is 1. The lowest BCUT2D eigenvalue weighted by molar-refractivity contribution is -0.916. The molecule has 5 aromatic rings. The van der Waals surface area contributed by atoms with Crippen LogP contribution in [-0.2, 0) is 0 Å². The molecule has 0 N–H and O–H groups in total. The maximum Gasteiger partial charge on any atom is 0.108 e. The SMILES string of the molecule is C=C(C[N+](CC)(CC)CC)c1ccccc1.c1ccc([B-](c2ccccc2)(c2ccccc2)c2ccccc2)cc1. The van der Waals surface area contributed by atoms with Gasteiger partial charge >= 0.3 is 0 Å². The number of hydrogen-bond donors (Lipinski definition) is 0. The zero-order chi connectivity index (χ0) is 29.0. The van der Waals surface area contributed by atoms with Gasteiger partial charge in [0.2, 0.25) is 0 Å². The third-order valence-corrected chi connectivity index (χ3v) is 8.92. The quantitative estimate of drug-likeness (QED) is 0.138. The third-order valence-electron chi connectivity index (χ3n) is 8.92. The van der Waals surface area contributed by atoms with E-state index in [9.17, 15) is 0 Å². The van der Waals surface area contributed by atoms with E-state index >= 15 is 0 Å². The largest absolute Gasteiger partial charge is 0.321 e. The predicted molar refractivity (Wildman–Crippen MR) is 182 cm³/mol. The fraction of sp³-hybridized carbons (Fsp3) is 0.179. The summed E-state index contributed by atoms with van der Waals surface area (Å²) >= 11 is 0. The smallest absolute Gasteiger partial charge is 0.108 e. The van der Waals surface area contributed by atoms with Crippen LogP contribution < -0.4 is 21.9 Å². The highest BCUT2D eigenvalue weighted by Crippen LogP contribution is 2.18. The lowest BCUT2D eigenvalue weighted by Crippen LogP contribution is -2.74. The number of rotatable bonds is 10. The van der Waals surface area contributed by atoms with Crippen molar-refractivity contribution in [1.82, 2.24) is 0 Å². The number of likely N-dealkylation sites (N-methyl/N-ethyl adjacent to an activating group) is 1. The molecule has 0 saturated carbocycles. The molecule has 0 fully saturated rings. The highest BCUT2D eigenvalue weighted by molar-refractivity contribution is 7.19. The Kier molecular flexibility index (Phi) is 10.5. The zero-order valence-electron chi connectivity index (χ0n) is 25.0. The van der Waals surface area contributed by atoms with Crippen LogP contribution in [0.4, 0.5) is 0 Å². The van der Waals surface area contributed by atoms with Gasteiger partial charge in [0.25, 0.3) is 0 Å². The molecule has 0 amide bonds. The van der Waals surface area contributed by atoms with E-state index in [0.717, 1.165) is 11.0 Å². The molecule has 0 unspecified atom stereocenters. The highest BCUT2D eigenvalue weighted by atomic mass is 15.3. The Morgan fingerprint density at radius 2 is 0.732 bits per heavy atom. The number of benzene rings is 5. The molecule has 1 nitrogen and oxygen atoms in total. The molecule has 0 radical (unpaired) electrons. The molecule has 0 saturated heterocycles.